The van der Waals surface area contributed by atoms with Crippen molar-refractivity contribution >= 4 is 40.6 Å². The van der Waals surface area contributed by atoms with Gasteiger partial charge in [-0.3, -0.25) is 19.7 Å². The maximum Gasteiger partial charge on any atom is 0.320 e. The van der Waals surface area contributed by atoms with E-state index in [2.05, 4.69) is 5.32 Å². The molecule has 1 heterocycles. The van der Waals surface area contributed by atoms with E-state index in [1.54, 1.807) is 48.5 Å². The molecule has 1 atom stereocenters. The van der Waals surface area contributed by atoms with E-state index in [1.165, 1.54) is 0 Å². The summed E-state index contributed by atoms with van der Waals surface area (Å²) >= 11 is 0.855. The molecule has 1 fully saturated rings. The molecule has 0 spiro atoms. The first-order chi connectivity index (χ1) is 13.3. The van der Waals surface area contributed by atoms with Crippen LogP contribution in [0.2, 0.25) is 0 Å². The second-order valence-electron chi connectivity index (χ2n) is 6.03. The van der Waals surface area contributed by atoms with Crippen LogP contribution in [0.5, 0.6) is 11.5 Å². The first-order valence-corrected chi connectivity index (χ1v) is 9.03. The molecule has 2 aromatic rings. The van der Waals surface area contributed by atoms with E-state index in [9.17, 15) is 14.4 Å². The number of ether oxygens (including phenoxy) is 1. The third-order valence-electron chi connectivity index (χ3n) is 3.93. The van der Waals surface area contributed by atoms with E-state index in [-0.39, 0.29) is 11.7 Å². The minimum absolute atomic E-state index is 0.124. The van der Waals surface area contributed by atoms with E-state index in [4.69, 9.17) is 21.3 Å². The van der Waals surface area contributed by atoms with E-state index in [0.29, 0.717) is 27.7 Å². The van der Waals surface area contributed by atoms with Gasteiger partial charge in [0.1, 0.15) is 17.5 Å². The zero-order valence-electron chi connectivity index (χ0n) is 14.5. The Kier molecular flexibility index (Phi) is 5.67. The van der Waals surface area contributed by atoms with Crippen molar-refractivity contribution in [2.75, 3.05) is 5.73 Å². The lowest BCUT2D eigenvalue weighted by molar-refractivity contribution is -0.138. The smallest absolute Gasteiger partial charge is 0.320 e. The van der Waals surface area contributed by atoms with Crippen LogP contribution in [0.15, 0.2) is 47.4 Å². The molecule has 6 N–H and O–H groups in total. The van der Waals surface area contributed by atoms with Crippen LogP contribution in [0.4, 0.5) is 10.5 Å². The summed E-state index contributed by atoms with van der Waals surface area (Å²) in [5.74, 6) is -0.454. The van der Waals surface area contributed by atoms with Crippen LogP contribution in [0, 0.1) is 0 Å². The maximum atomic E-state index is 11.6. The molecule has 1 aliphatic rings. The van der Waals surface area contributed by atoms with Gasteiger partial charge in [-0.25, -0.2) is 0 Å². The van der Waals surface area contributed by atoms with Crippen molar-refractivity contribution in [1.29, 1.82) is 0 Å². The molecule has 0 aromatic heterocycles. The number of nitrogens with one attached hydrogen (secondary N) is 1. The highest BCUT2D eigenvalue weighted by atomic mass is 32.2. The quantitative estimate of drug-likeness (QED) is 0.428. The van der Waals surface area contributed by atoms with Crippen LogP contribution in [0.1, 0.15) is 11.1 Å². The molecule has 2 aromatic carbocycles. The van der Waals surface area contributed by atoms with Crippen LogP contribution in [-0.2, 0) is 16.0 Å². The van der Waals surface area contributed by atoms with Crippen molar-refractivity contribution in [3.63, 3.8) is 0 Å². The fourth-order valence-corrected chi connectivity index (χ4v) is 3.17. The standard InChI is InChI=1S/C19H17N3O5S/c20-14-9-13(6-3-11(14)8-15(21)18(24)25)27-12-4-1-10(2-5-12)7-16-17(23)22-19(26)28-16/h1-7,9,15H,8,20-21H2,(H,24,25)(H,22,23,26)/b16-7+. The van der Waals surface area contributed by atoms with Gasteiger partial charge in [0.2, 0.25) is 0 Å². The van der Waals surface area contributed by atoms with E-state index in [0.717, 1.165) is 17.3 Å². The van der Waals surface area contributed by atoms with Crippen molar-refractivity contribution in [3.8, 4) is 11.5 Å². The summed E-state index contributed by atoms with van der Waals surface area (Å²) in [4.78, 5) is 33.9. The molecule has 0 saturated carbocycles. The SMILES string of the molecule is Nc1cc(Oc2ccc(/C=C3/SC(=O)NC3=O)cc2)ccc1CC(N)C(=O)O. The lowest BCUT2D eigenvalue weighted by Gasteiger charge is -2.12. The number of amides is 2. The fraction of sp³-hybridized carbons (Fsp3) is 0.105. The van der Waals surface area contributed by atoms with Gasteiger partial charge >= 0.3 is 5.97 Å². The first-order valence-electron chi connectivity index (χ1n) is 8.21. The molecule has 0 bridgehead atoms. The van der Waals surface area contributed by atoms with Crippen molar-refractivity contribution in [1.82, 2.24) is 5.32 Å². The number of carbonyl (C=O) groups is 3. The lowest BCUT2D eigenvalue weighted by atomic mass is 10.0. The molecule has 0 radical (unpaired) electrons. The largest absolute Gasteiger partial charge is 0.480 e. The van der Waals surface area contributed by atoms with Gasteiger partial charge in [0.15, 0.2) is 0 Å². The van der Waals surface area contributed by atoms with Gasteiger partial charge in [0.05, 0.1) is 4.91 Å². The number of imide groups is 1. The van der Waals surface area contributed by atoms with Crippen LogP contribution < -0.4 is 21.5 Å². The molecule has 0 aliphatic carbocycles. The zero-order valence-corrected chi connectivity index (χ0v) is 15.4. The number of hydrogen-bond donors (Lipinski definition) is 4. The molecule has 144 valence electrons. The number of aliphatic carboxylic acids is 1. The average Bonchev–Trinajstić information content (AvgIpc) is 2.96. The van der Waals surface area contributed by atoms with E-state index < -0.39 is 17.9 Å². The van der Waals surface area contributed by atoms with E-state index in [1.807, 2.05) is 0 Å². The Morgan fingerprint density at radius 2 is 1.86 bits per heavy atom. The summed E-state index contributed by atoms with van der Waals surface area (Å²) in [6.07, 6.45) is 1.74. The van der Waals surface area contributed by atoms with E-state index >= 15 is 0 Å². The molecule has 1 aliphatic heterocycles. The second kappa shape index (κ2) is 8.15. The van der Waals surface area contributed by atoms with Crippen LogP contribution in [0.3, 0.4) is 0 Å². The summed E-state index contributed by atoms with van der Waals surface area (Å²) in [6.45, 7) is 0. The molecule has 2 amide bonds. The van der Waals surface area contributed by atoms with Crippen molar-refractivity contribution in [2.24, 2.45) is 5.73 Å². The maximum absolute atomic E-state index is 11.6. The molecule has 1 saturated heterocycles. The second-order valence-corrected chi connectivity index (χ2v) is 7.05. The minimum Gasteiger partial charge on any atom is -0.480 e. The molecule has 28 heavy (non-hydrogen) atoms. The third-order valence-corrected chi connectivity index (χ3v) is 4.74. The van der Waals surface area contributed by atoms with Crippen LogP contribution >= 0.6 is 11.8 Å². The first kappa shape index (κ1) is 19.5. The predicted molar refractivity (Wildman–Crippen MR) is 106 cm³/mol. The number of nitrogens with two attached hydrogens (primary N) is 2. The summed E-state index contributed by atoms with van der Waals surface area (Å²) < 4.78 is 5.74. The Hall–Kier alpha value is -3.30. The van der Waals surface area contributed by atoms with Gasteiger partial charge in [-0.15, -0.1) is 0 Å². The monoisotopic (exact) mass is 399 g/mol. The number of benzene rings is 2. The average molecular weight is 399 g/mol. The van der Waals surface area contributed by atoms with Gasteiger partial charge < -0.3 is 21.3 Å². The molecular weight excluding hydrogens is 382 g/mol. The minimum atomic E-state index is -1.09. The number of thioether (sulfide) groups is 1. The summed E-state index contributed by atoms with van der Waals surface area (Å²) in [5, 5.41) is 10.7. The number of nitrogen functional groups attached to an aromatic ring is 1. The highest BCUT2D eigenvalue weighted by Crippen LogP contribution is 2.28. The summed E-state index contributed by atoms with van der Waals surface area (Å²) in [5.41, 5.74) is 13.3. The number of rotatable bonds is 6. The Bertz CT molecular complexity index is 972. The van der Waals surface area contributed by atoms with Gasteiger partial charge in [-0.05, 0) is 47.2 Å². The van der Waals surface area contributed by atoms with Crippen LogP contribution in [0.25, 0.3) is 6.08 Å². The highest BCUT2D eigenvalue weighted by Gasteiger charge is 2.24. The lowest BCUT2D eigenvalue weighted by Crippen LogP contribution is -2.32. The van der Waals surface area contributed by atoms with Gasteiger partial charge in [0, 0.05) is 18.2 Å². The Labute approximate surface area is 164 Å². The molecule has 3 rings (SSSR count). The Balaban J connectivity index is 1.68. The number of anilines is 1. The molecular formula is C19H17N3O5S. The normalized spacial score (nSPS) is 16.1. The van der Waals surface area contributed by atoms with Crippen LogP contribution in [-0.4, -0.2) is 28.3 Å². The van der Waals surface area contributed by atoms with Gasteiger partial charge in [0.25, 0.3) is 11.1 Å². The summed E-state index contributed by atoms with van der Waals surface area (Å²) in [6, 6.07) is 10.9. The summed E-state index contributed by atoms with van der Waals surface area (Å²) in [7, 11) is 0. The fourth-order valence-electron chi connectivity index (χ4n) is 2.49. The third kappa shape index (κ3) is 4.70. The predicted octanol–water partition coefficient (Wildman–Crippen LogP) is 2.34. The molecule has 1 unspecified atom stereocenters. The Morgan fingerprint density at radius 3 is 2.43 bits per heavy atom. The number of carboxylic acids is 1. The highest BCUT2D eigenvalue weighted by molar-refractivity contribution is 8.18. The number of carboxylic acid groups (broad SMARTS) is 1. The van der Waals surface area contributed by atoms with Crippen molar-refractivity contribution < 1.29 is 24.2 Å². The number of hydrogen-bond acceptors (Lipinski definition) is 7. The van der Waals surface area contributed by atoms with Crippen molar-refractivity contribution in [3.05, 3.63) is 58.5 Å². The number of carbonyl (C=O) groups excluding carboxylic acids is 2. The molecule has 9 heteroatoms. The zero-order chi connectivity index (χ0) is 20.3. The van der Waals surface area contributed by atoms with Gasteiger partial charge in [-0.2, -0.15) is 0 Å². The topological polar surface area (TPSA) is 145 Å². The van der Waals surface area contributed by atoms with Gasteiger partial charge in [-0.1, -0.05) is 18.2 Å². The Morgan fingerprint density at radius 1 is 1.18 bits per heavy atom. The molecule has 8 nitrogen and oxygen atoms in total. The van der Waals surface area contributed by atoms with Crippen molar-refractivity contribution in [2.45, 2.75) is 12.5 Å².